The lowest BCUT2D eigenvalue weighted by atomic mass is 10.1. The number of hydrogen-bond donors (Lipinski definition) is 9. The summed E-state index contributed by atoms with van der Waals surface area (Å²) in [5.41, 5.74) is 15.0. The molecule has 0 saturated carbocycles. The fourth-order valence-corrected chi connectivity index (χ4v) is 1.56. The lowest BCUT2D eigenvalue weighted by Gasteiger charge is -2.21. The Balaban J connectivity index is 4.75. The van der Waals surface area contributed by atoms with E-state index in [9.17, 15) is 24.3 Å². The largest absolute Gasteiger partial charge is 0.480 e. The summed E-state index contributed by atoms with van der Waals surface area (Å²) in [5.74, 6) is -3.22. The normalized spacial score (nSPS) is 15.4. The average molecular weight is 364 g/mol. The maximum Gasteiger partial charge on any atom is 0.328 e. The molecule has 0 spiro atoms. The molecule has 0 aromatic carbocycles. The molecule has 0 fully saturated rings. The molecule has 0 aliphatic rings. The van der Waals surface area contributed by atoms with Crippen LogP contribution in [0.1, 0.15) is 13.3 Å². The van der Waals surface area contributed by atoms with Crippen LogP contribution in [-0.2, 0) is 14.4 Å². The standard InChI is InChI=1S/C12H24N6O7/c1-5(20)9(11(23)24)17-12(25)16-7(2-8(14)21)10(22)18-15-3-6(13)4-19/h5-7,9,15,19-20H,2-4,13H2,1H3,(H2,14,21)(H,18,22)(H,23,24)(H2,16,17,25)/t5?,6-,7+,9+/m1/s1. The van der Waals surface area contributed by atoms with Gasteiger partial charge in [0.1, 0.15) is 6.04 Å². The molecule has 13 heteroatoms. The van der Waals surface area contributed by atoms with Gasteiger partial charge in [-0.05, 0) is 6.92 Å². The number of aliphatic hydroxyl groups excluding tert-OH is 2. The summed E-state index contributed by atoms with van der Waals surface area (Å²) in [7, 11) is 0. The van der Waals surface area contributed by atoms with Gasteiger partial charge in [-0.2, -0.15) is 0 Å². The summed E-state index contributed by atoms with van der Waals surface area (Å²) in [6.07, 6.45) is -1.95. The Morgan fingerprint density at radius 3 is 2.20 bits per heavy atom. The zero-order valence-corrected chi connectivity index (χ0v) is 13.6. The van der Waals surface area contributed by atoms with E-state index in [1.807, 2.05) is 5.32 Å². The number of primary amides is 1. The highest BCUT2D eigenvalue weighted by molar-refractivity contribution is 5.92. The number of aliphatic hydroxyl groups is 2. The SMILES string of the molecule is CC(O)[C@H](NC(=O)N[C@@H](CC(N)=O)C(=O)NNC[C@@H](N)CO)C(=O)O. The van der Waals surface area contributed by atoms with Crippen molar-refractivity contribution in [1.82, 2.24) is 21.5 Å². The molecule has 144 valence electrons. The van der Waals surface area contributed by atoms with Gasteiger partial charge in [-0.15, -0.1) is 0 Å². The molecule has 0 aromatic heterocycles. The van der Waals surface area contributed by atoms with E-state index in [-0.39, 0.29) is 13.2 Å². The Labute approximate surface area is 143 Å². The topological polar surface area (TPSA) is 229 Å². The lowest BCUT2D eigenvalue weighted by Crippen LogP contribution is -2.58. The van der Waals surface area contributed by atoms with Crippen molar-refractivity contribution < 1.29 is 34.5 Å². The fraction of sp³-hybridized carbons (Fsp3) is 0.667. The van der Waals surface area contributed by atoms with Crippen molar-refractivity contribution in [3.8, 4) is 0 Å². The fourth-order valence-electron chi connectivity index (χ4n) is 1.56. The van der Waals surface area contributed by atoms with Gasteiger partial charge in [-0.3, -0.25) is 15.0 Å². The first-order valence-electron chi connectivity index (χ1n) is 7.23. The van der Waals surface area contributed by atoms with Gasteiger partial charge in [-0.25, -0.2) is 15.0 Å². The molecule has 0 aliphatic carbocycles. The second kappa shape index (κ2) is 11.1. The predicted molar refractivity (Wildman–Crippen MR) is 83.6 cm³/mol. The number of urea groups is 1. The maximum atomic E-state index is 11.9. The van der Waals surface area contributed by atoms with E-state index in [4.69, 9.17) is 21.7 Å². The number of aliphatic carboxylic acids is 1. The minimum Gasteiger partial charge on any atom is -0.480 e. The van der Waals surface area contributed by atoms with Crippen molar-refractivity contribution in [2.24, 2.45) is 11.5 Å². The van der Waals surface area contributed by atoms with Gasteiger partial charge >= 0.3 is 12.0 Å². The van der Waals surface area contributed by atoms with Gasteiger partial charge in [0.2, 0.25) is 5.91 Å². The Kier molecular flexibility index (Phi) is 10.0. The van der Waals surface area contributed by atoms with Crippen molar-refractivity contribution in [2.45, 2.75) is 37.6 Å². The van der Waals surface area contributed by atoms with E-state index in [0.717, 1.165) is 6.92 Å². The first-order valence-corrected chi connectivity index (χ1v) is 7.23. The number of amides is 4. The molecule has 0 radical (unpaired) electrons. The highest BCUT2D eigenvalue weighted by Gasteiger charge is 2.28. The van der Waals surface area contributed by atoms with Crippen LogP contribution >= 0.6 is 0 Å². The summed E-state index contributed by atoms with van der Waals surface area (Å²) >= 11 is 0. The van der Waals surface area contributed by atoms with E-state index < -0.39 is 54.5 Å². The number of nitrogens with two attached hydrogens (primary N) is 2. The summed E-state index contributed by atoms with van der Waals surface area (Å²) in [5, 5.41) is 31.0. The molecule has 25 heavy (non-hydrogen) atoms. The third kappa shape index (κ3) is 9.41. The number of carbonyl (C=O) groups is 4. The number of carbonyl (C=O) groups excluding carboxylic acids is 3. The van der Waals surface area contributed by atoms with Gasteiger partial charge in [0.25, 0.3) is 5.91 Å². The van der Waals surface area contributed by atoms with Crippen LogP contribution in [-0.4, -0.2) is 76.5 Å². The van der Waals surface area contributed by atoms with E-state index >= 15 is 0 Å². The van der Waals surface area contributed by atoms with Gasteiger partial charge < -0.3 is 37.4 Å². The van der Waals surface area contributed by atoms with Crippen molar-refractivity contribution in [1.29, 1.82) is 0 Å². The van der Waals surface area contributed by atoms with Crippen LogP contribution in [0.4, 0.5) is 4.79 Å². The Morgan fingerprint density at radius 1 is 1.16 bits per heavy atom. The summed E-state index contributed by atoms with van der Waals surface area (Å²) < 4.78 is 0. The number of hydrogen-bond acceptors (Lipinski definition) is 8. The monoisotopic (exact) mass is 364 g/mol. The molecular weight excluding hydrogens is 340 g/mol. The van der Waals surface area contributed by atoms with E-state index in [1.165, 1.54) is 0 Å². The second-order valence-electron chi connectivity index (χ2n) is 5.21. The summed E-state index contributed by atoms with van der Waals surface area (Å²) in [4.78, 5) is 45.7. The van der Waals surface area contributed by atoms with Gasteiger partial charge in [0, 0.05) is 12.6 Å². The van der Waals surface area contributed by atoms with Gasteiger partial charge in [-0.1, -0.05) is 0 Å². The second-order valence-corrected chi connectivity index (χ2v) is 5.21. The number of carboxylic acids is 1. The first-order chi connectivity index (χ1) is 11.6. The van der Waals surface area contributed by atoms with Crippen LogP contribution in [0.2, 0.25) is 0 Å². The van der Waals surface area contributed by atoms with Crippen LogP contribution in [0.5, 0.6) is 0 Å². The Bertz CT molecular complexity index is 487. The van der Waals surface area contributed by atoms with Crippen LogP contribution in [0.3, 0.4) is 0 Å². The smallest absolute Gasteiger partial charge is 0.328 e. The van der Waals surface area contributed by atoms with Crippen LogP contribution in [0.15, 0.2) is 0 Å². The zero-order valence-electron chi connectivity index (χ0n) is 13.6. The van der Waals surface area contributed by atoms with Gasteiger partial charge in [0.15, 0.2) is 6.04 Å². The van der Waals surface area contributed by atoms with Crippen LogP contribution in [0.25, 0.3) is 0 Å². The van der Waals surface area contributed by atoms with Crippen molar-refractivity contribution in [3.05, 3.63) is 0 Å². The molecular formula is C12H24N6O7. The number of hydrazine groups is 1. The number of rotatable bonds is 11. The third-order valence-corrected chi connectivity index (χ3v) is 2.87. The highest BCUT2D eigenvalue weighted by Crippen LogP contribution is 1.96. The first kappa shape index (κ1) is 22.5. The van der Waals surface area contributed by atoms with Crippen LogP contribution in [0, 0.1) is 0 Å². The summed E-state index contributed by atoms with van der Waals surface area (Å²) in [6, 6.07) is -4.76. The van der Waals surface area contributed by atoms with Crippen molar-refractivity contribution in [3.63, 3.8) is 0 Å². The minimum atomic E-state index is -1.61. The van der Waals surface area contributed by atoms with E-state index in [0.29, 0.717) is 0 Å². The van der Waals surface area contributed by atoms with Crippen molar-refractivity contribution >= 4 is 23.8 Å². The molecule has 4 atom stereocenters. The van der Waals surface area contributed by atoms with E-state index in [1.54, 1.807) is 0 Å². The Hall–Kier alpha value is -2.48. The quantitative estimate of drug-likeness (QED) is 0.160. The minimum absolute atomic E-state index is 0.0147. The van der Waals surface area contributed by atoms with Crippen LogP contribution < -0.4 is 33.0 Å². The highest BCUT2D eigenvalue weighted by atomic mass is 16.4. The molecule has 0 rings (SSSR count). The van der Waals surface area contributed by atoms with Crippen molar-refractivity contribution in [2.75, 3.05) is 13.2 Å². The molecule has 0 heterocycles. The molecule has 0 aliphatic heterocycles. The predicted octanol–water partition coefficient (Wildman–Crippen LogP) is -4.70. The maximum absolute atomic E-state index is 11.9. The van der Waals surface area contributed by atoms with E-state index in [2.05, 4.69) is 16.2 Å². The molecule has 0 saturated heterocycles. The molecule has 13 nitrogen and oxygen atoms in total. The lowest BCUT2D eigenvalue weighted by molar-refractivity contribution is -0.141. The molecule has 11 N–H and O–H groups in total. The molecule has 1 unspecified atom stereocenters. The summed E-state index contributed by atoms with van der Waals surface area (Å²) in [6.45, 7) is 0.839. The average Bonchev–Trinajstić information content (AvgIpc) is 2.50. The third-order valence-electron chi connectivity index (χ3n) is 2.87. The zero-order chi connectivity index (χ0) is 19.6. The van der Waals surface area contributed by atoms with Gasteiger partial charge in [0.05, 0.1) is 19.1 Å². The molecule has 0 aromatic rings. The number of nitrogens with one attached hydrogen (secondary N) is 4. The number of carboxylic acid groups (broad SMARTS) is 1. The Morgan fingerprint density at radius 2 is 1.76 bits per heavy atom. The molecule has 0 bridgehead atoms. The molecule has 4 amide bonds.